The minimum absolute atomic E-state index is 0.327. The minimum Gasteiger partial charge on any atom is -0.329 e. The molecular weight excluding hydrogens is 228 g/mol. The molecule has 0 bridgehead atoms. The summed E-state index contributed by atoms with van der Waals surface area (Å²) in [5, 5.41) is 0. The summed E-state index contributed by atoms with van der Waals surface area (Å²) in [5.74, 6) is 3.41. The van der Waals surface area contributed by atoms with Crippen molar-refractivity contribution < 1.29 is 0 Å². The van der Waals surface area contributed by atoms with Crippen molar-refractivity contribution in [2.45, 2.75) is 57.5 Å². The summed E-state index contributed by atoms with van der Waals surface area (Å²) in [6.07, 6.45) is 6.82. The van der Waals surface area contributed by atoms with Crippen molar-refractivity contribution in [2.24, 2.45) is 11.7 Å². The van der Waals surface area contributed by atoms with Crippen molar-refractivity contribution in [2.75, 3.05) is 24.6 Å². The van der Waals surface area contributed by atoms with Gasteiger partial charge >= 0.3 is 0 Å². The molecule has 2 rings (SSSR count). The molecule has 2 nitrogen and oxygen atoms in total. The monoisotopic (exact) mass is 256 g/mol. The molecule has 0 aromatic heterocycles. The van der Waals surface area contributed by atoms with Crippen LogP contribution in [0.2, 0.25) is 0 Å². The Bertz CT molecular complexity index is 246. The predicted molar refractivity (Wildman–Crippen MR) is 77.5 cm³/mol. The summed E-state index contributed by atoms with van der Waals surface area (Å²) in [6, 6.07) is 0.712. The van der Waals surface area contributed by atoms with Gasteiger partial charge in [0.15, 0.2) is 0 Å². The van der Waals surface area contributed by atoms with Gasteiger partial charge in [-0.3, -0.25) is 4.90 Å². The number of nitrogens with two attached hydrogens (primary N) is 1. The molecular formula is C14H28N2S. The molecule has 1 aliphatic heterocycles. The van der Waals surface area contributed by atoms with Crippen LogP contribution < -0.4 is 5.73 Å². The van der Waals surface area contributed by atoms with Gasteiger partial charge in [-0.15, -0.1) is 0 Å². The summed E-state index contributed by atoms with van der Waals surface area (Å²) in [5.41, 5.74) is 6.58. The van der Waals surface area contributed by atoms with E-state index in [1.165, 1.54) is 50.2 Å². The third-order valence-corrected chi connectivity index (χ3v) is 6.15. The molecule has 1 saturated carbocycles. The van der Waals surface area contributed by atoms with Crippen LogP contribution in [-0.2, 0) is 0 Å². The van der Waals surface area contributed by atoms with E-state index in [4.69, 9.17) is 5.73 Å². The first-order chi connectivity index (χ1) is 8.24. The normalized spacial score (nSPS) is 40.4. The zero-order chi connectivity index (χ0) is 12.3. The van der Waals surface area contributed by atoms with E-state index < -0.39 is 0 Å². The lowest BCUT2D eigenvalue weighted by molar-refractivity contribution is -0.0136. The Hall–Kier alpha value is 0.270. The lowest BCUT2D eigenvalue weighted by Crippen LogP contribution is -2.64. The summed E-state index contributed by atoms with van der Waals surface area (Å²) in [7, 11) is 0. The molecule has 1 saturated heterocycles. The molecule has 0 aromatic rings. The highest BCUT2D eigenvalue weighted by atomic mass is 32.2. The average Bonchev–Trinajstić information content (AvgIpc) is 2.39. The van der Waals surface area contributed by atoms with Gasteiger partial charge in [0, 0.05) is 36.2 Å². The molecule has 0 amide bonds. The van der Waals surface area contributed by atoms with Gasteiger partial charge < -0.3 is 5.73 Å². The highest BCUT2D eigenvalue weighted by Crippen LogP contribution is 2.42. The molecule has 3 unspecified atom stereocenters. The molecule has 0 radical (unpaired) electrons. The molecule has 2 aliphatic rings. The second-order valence-corrected chi connectivity index (χ2v) is 6.93. The van der Waals surface area contributed by atoms with Crippen LogP contribution in [-0.4, -0.2) is 41.1 Å². The van der Waals surface area contributed by atoms with Gasteiger partial charge in [0.05, 0.1) is 0 Å². The van der Waals surface area contributed by atoms with E-state index in [0.29, 0.717) is 11.6 Å². The number of nitrogens with zero attached hydrogens (tertiary/aromatic N) is 1. The third kappa shape index (κ3) is 2.52. The van der Waals surface area contributed by atoms with Crippen LogP contribution >= 0.6 is 11.8 Å². The molecule has 0 aromatic carbocycles. The summed E-state index contributed by atoms with van der Waals surface area (Å²) in [4.78, 5) is 2.77. The van der Waals surface area contributed by atoms with Crippen molar-refractivity contribution in [1.82, 2.24) is 4.90 Å². The van der Waals surface area contributed by atoms with Crippen LogP contribution in [0, 0.1) is 5.92 Å². The molecule has 1 heterocycles. The molecule has 1 aliphatic carbocycles. The Morgan fingerprint density at radius 2 is 2.24 bits per heavy atom. The van der Waals surface area contributed by atoms with Gasteiger partial charge in [0.1, 0.15) is 0 Å². The first-order valence-corrected chi connectivity index (χ1v) is 8.44. The molecule has 3 heteroatoms. The van der Waals surface area contributed by atoms with Crippen molar-refractivity contribution in [3.63, 3.8) is 0 Å². The lowest BCUT2D eigenvalue weighted by Gasteiger charge is -2.54. The van der Waals surface area contributed by atoms with E-state index in [2.05, 4.69) is 30.5 Å². The first-order valence-electron chi connectivity index (χ1n) is 7.29. The van der Waals surface area contributed by atoms with Crippen molar-refractivity contribution >= 4 is 11.8 Å². The van der Waals surface area contributed by atoms with Gasteiger partial charge in [-0.05, 0) is 25.7 Å². The molecule has 3 atom stereocenters. The molecule has 0 spiro atoms. The maximum absolute atomic E-state index is 6.25. The number of hydrogen-bond donors (Lipinski definition) is 1. The predicted octanol–water partition coefficient (Wildman–Crippen LogP) is 2.72. The van der Waals surface area contributed by atoms with E-state index in [9.17, 15) is 0 Å². The topological polar surface area (TPSA) is 29.3 Å². The number of hydrogen-bond acceptors (Lipinski definition) is 3. The maximum atomic E-state index is 6.25. The third-order valence-electron chi connectivity index (χ3n) is 4.96. The summed E-state index contributed by atoms with van der Waals surface area (Å²) < 4.78 is 0. The van der Waals surface area contributed by atoms with Crippen LogP contribution in [0.25, 0.3) is 0 Å². The molecule has 2 N–H and O–H groups in total. The Labute approximate surface area is 111 Å². The minimum atomic E-state index is 0.327. The Morgan fingerprint density at radius 3 is 2.88 bits per heavy atom. The fraction of sp³-hybridized carbons (Fsp3) is 1.00. The molecule has 100 valence electrons. The van der Waals surface area contributed by atoms with Gasteiger partial charge in [-0.1, -0.05) is 26.2 Å². The Kier molecular flexibility index (Phi) is 4.79. The Balaban J connectivity index is 2.20. The van der Waals surface area contributed by atoms with E-state index in [0.717, 1.165) is 12.5 Å². The van der Waals surface area contributed by atoms with Crippen LogP contribution in [0.15, 0.2) is 0 Å². The standard InChI is InChI=1S/C14H28N2S/c1-3-13-6-4-5-7-14(13,11-15)16-8-9-17-10-12(16)2/h12-13H,3-11,15H2,1-2H3. The maximum Gasteiger partial charge on any atom is 0.0363 e. The van der Waals surface area contributed by atoms with Gasteiger partial charge in [-0.2, -0.15) is 11.8 Å². The largest absolute Gasteiger partial charge is 0.329 e. The zero-order valence-electron chi connectivity index (χ0n) is 11.5. The van der Waals surface area contributed by atoms with Crippen LogP contribution in [0.4, 0.5) is 0 Å². The fourth-order valence-corrected chi connectivity index (χ4v) is 5.05. The SMILES string of the molecule is CCC1CCCCC1(CN)N1CCSCC1C. The van der Waals surface area contributed by atoms with E-state index in [1.54, 1.807) is 0 Å². The second kappa shape index (κ2) is 5.94. The fourth-order valence-electron chi connectivity index (χ4n) is 4.03. The Morgan fingerprint density at radius 1 is 1.41 bits per heavy atom. The van der Waals surface area contributed by atoms with E-state index >= 15 is 0 Å². The van der Waals surface area contributed by atoms with E-state index in [1.807, 2.05) is 0 Å². The average molecular weight is 256 g/mol. The van der Waals surface area contributed by atoms with Gasteiger partial charge in [0.2, 0.25) is 0 Å². The highest BCUT2D eigenvalue weighted by Gasteiger charge is 2.45. The van der Waals surface area contributed by atoms with Crippen molar-refractivity contribution in [3.8, 4) is 0 Å². The van der Waals surface area contributed by atoms with Crippen LogP contribution in [0.3, 0.4) is 0 Å². The molecule has 17 heavy (non-hydrogen) atoms. The van der Waals surface area contributed by atoms with Gasteiger partial charge in [-0.25, -0.2) is 0 Å². The zero-order valence-corrected chi connectivity index (χ0v) is 12.3. The summed E-state index contributed by atoms with van der Waals surface area (Å²) >= 11 is 2.11. The van der Waals surface area contributed by atoms with E-state index in [-0.39, 0.29) is 0 Å². The van der Waals surface area contributed by atoms with Gasteiger partial charge in [0.25, 0.3) is 0 Å². The number of rotatable bonds is 3. The first kappa shape index (κ1) is 13.7. The smallest absolute Gasteiger partial charge is 0.0363 e. The van der Waals surface area contributed by atoms with Crippen LogP contribution in [0.1, 0.15) is 46.0 Å². The summed E-state index contributed by atoms with van der Waals surface area (Å²) in [6.45, 7) is 6.86. The number of thioether (sulfide) groups is 1. The molecule has 2 fully saturated rings. The quantitative estimate of drug-likeness (QED) is 0.842. The lowest BCUT2D eigenvalue weighted by atomic mass is 9.69. The van der Waals surface area contributed by atoms with Crippen molar-refractivity contribution in [3.05, 3.63) is 0 Å². The van der Waals surface area contributed by atoms with Crippen molar-refractivity contribution in [1.29, 1.82) is 0 Å². The highest BCUT2D eigenvalue weighted by molar-refractivity contribution is 7.99. The second-order valence-electron chi connectivity index (χ2n) is 5.78. The van der Waals surface area contributed by atoms with Crippen LogP contribution in [0.5, 0.6) is 0 Å².